The average molecular weight is 365 g/mol. The topological polar surface area (TPSA) is 59.2 Å². The molecule has 0 fully saturated rings. The van der Waals surface area contributed by atoms with E-state index >= 15 is 0 Å². The first-order chi connectivity index (χ1) is 12.7. The van der Waals surface area contributed by atoms with Crippen molar-refractivity contribution in [3.05, 3.63) is 95.8 Å². The molecule has 1 aromatic heterocycles. The summed E-state index contributed by atoms with van der Waals surface area (Å²) < 4.78 is 5.12. The summed E-state index contributed by atoms with van der Waals surface area (Å²) in [6, 6.07) is 23.5. The van der Waals surface area contributed by atoms with Gasteiger partial charge in [-0.25, -0.2) is 0 Å². The zero-order valence-corrected chi connectivity index (χ0v) is 14.9. The zero-order valence-electron chi connectivity index (χ0n) is 14.1. The van der Waals surface area contributed by atoms with E-state index in [0.29, 0.717) is 5.69 Å². The summed E-state index contributed by atoms with van der Waals surface area (Å²) in [5, 5.41) is 0.0315. The minimum absolute atomic E-state index is 0.0315. The Bertz CT molecular complexity index is 793. The van der Waals surface area contributed by atoms with E-state index in [0.717, 1.165) is 11.1 Å². The Hall–Kier alpha value is -2.79. The number of H-pyrrole nitrogens is 1. The van der Waals surface area contributed by atoms with Crippen LogP contribution < -0.4 is 0 Å². The molecule has 3 rings (SSSR count). The van der Waals surface area contributed by atoms with Crippen molar-refractivity contribution in [2.75, 3.05) is 12.4 Å². The number of hydrogen-bond acceptors (Lipinski definition) is 4. The normalized spacial score (nSPS) is 10.7. The zero-order chi connectivity index (χ0) is 18.2. The SMILES string of the molecule is O=C(CSC(c1ccccc1)c1ccccc1)OCC(=O)c1ccc[nH]1. The molecule has 0 amide bonds. The molecule has 0 atom stereocenters. The highest BCUT2D eigenvalue weighted by molar-refractivity contribution is 8.00. The molecule has 0 saturated heterocycles. The number of thioether (sulfide) groups is 1. The van der Waals surface area contributed by atoms with Gasteiger partial charge in [-0.2, -0.15) is 0 Å². The van der Waals surface area contributed by atoms with Crippen LogP contribution in [-0.4, -0.2) is 29.1 Å². The highest BCUT2D eigenvalue weighted by atomic mass is 32.2. The third kappa shape index (κ3) is 4.86. The number of ketones is 1. The lowest BCUT2D eigenvalue weighted by atomic mass is 10.0. The highest BCUT2D eigenvalue weighted by Gasteiger charge is 2.17. The van der Waals surface area contributed by atoms with E-state index in [4.69, 9.17) is 4.74 Å². The molecule has 0 bridgehead atoms. The largest absolute Gasteiger partial charge is 0.457 e. The molecule has 5 heteroatoms. The smallest absolute Gasteiger partial charge is 0.316 e. The Balaban J connectivity index is 1.59. The van der Waals surface area contributed by atoms with Crippen molar-refractivity contribution < 1.29 is 14.3 Å². The van der Waals surface area contributed by atoms with Crippen LogP contribution in [0.2, 0.25) is 0 Å². The van der Waals surface area contributed by atoms with Crippen molar-refractivity contribution in [2.45, 2.75) is 5.25 Å². The van der Waals surface area contributed by atoms with E-state index in [2.05, 4.69) is 4.98 Å². The lowest BCUT2D eigenvalue weighted by molar-refractivity contribution is -0.139. The van der Waals surface area contributed by atoms with Crippen molar-refractivity contribution in [2.24, 2.45) is 0 Å². The second-order valence-corrected chi connectivity index (χ2v) is 6.77. The molecule has 3 aromatic rings. The van der Waals surface area contributed by atoms with Crippen LogP contribution in [0.4, 0.5) is 0 Å². The van der Waals surface area contributed by atoms with E-state index in [9.17, 15) is 9.59 Å². The van der Waals surface area contributed by atoms with Crippen LogP contribution in [0, 0.1) is 0 Å². The molecule has 2 aromatic carbocycles. The summed E-state index contributed by atoms with van der Waals surface area (Å²) in [5.74, 6) is -0.463. The highest BCUT2D eigenvalue weighted by Crippen LogP contribution is 2.35. The van der Waals surface area contributed by atoms with Crippen molar-refractivity contribution in [3.8, 4) is 0 Å². The fourth-order valence-corrected chi connectivity index (χ4v) is 3.65. The van der Waals surface area contributed by atoms with Crippen LogP contribution in [0.1, 0.15) is 26.9 Å². The van der Waals surface area contributed by atoms with E-state index < -0.39 is 5.97 Å². The second kappa shape index (κ2) is 9.06. The Morgan fingerprint density at radius 3 is 2.04 bits per heavy atom. The Morgan fingerprint density at radius 2 is 1.50 bits per heavy atom. The maximum atomic E-state index is 12.1. The molecule has 0 aliphatic heterocycles. The first-order valence-corrected chi connectivity index (χ1v) is 9.32. The van der Waals surface area contributed by atoms with Gasteiger partial charge in [0.15, 0.2) is 6.61 Å². The summed E-state index contributed by atoms with van der Waals surface area (Å²) in [7, 11) is 0. The number of carbonyl (C=O) groups is 2. The van der Waals surface area contributed by atoms with Crippen LogP contribution in [0.25, 0.3) is 0 Å². The van der Waals surface area contributed by atoms with Gasteiger partial charge in [-0.05, 0) is 23.3 Å². The van der Waals surface area contributed by atoms with Crippen LogP contribution in [-0.2, 0) is 9.53 Å². The van der Waals surface area contributed by atoms with E-state index in [1.54, 1.807) is 18.3 Å². The fraction of sp³-hybridized carbons (Fsp3) is 0.143. The Kier molecular flexibility index (Phi) is 6.28. The average Bonchev–Trinajstić information content (AvgIpc) is 3.23. The standard InChI is InChI=1S/C21H19NO3S/c23-19(18-12-7-13-22-18)14-25-20(24)15-26-21(16-8-3-1-4-9-16)17-10-5-2-6-11-17/h1-13,21-22H,14-15H2. The van der Waals surface area contributed by atoms with Gasteiger partial charge in [0.1, 0.15) is 0 Å². The first kappa shape index (κ1) is 18.0. The molecule has 0 aliphatic carbocycles. The van der Waals surface area contributed by atoms with Crippen LogP contribution in [0.3, 0.4) is 0 Å². The minimum atomic E-state index is -0.397. The van der Waals surface area contributed by atoms with Gasteiger partial charge >= 0.3 is 5.97 Å². The van der Waals surface area contributed by atoms with Gasteiger partial charge in [0.25, 0.3) is 0 Å². The molecule has 1 heterocycles. The molecule has 0 radical (unpaired) electrons. The lowest BCUT2D eigenvalue weighted by Gasteiger charge is -2.17. The number of esters is 1. The minimum Gasteiger partial charge on any atom is -0.457 e. The number of rotatable bonds is 8. The second-order valence-electron chi connectivity index (χ2n) is 5.68. The number of hydrogen-bond donors (Lipinski definition) is 1. The molecule has 1 N–H and O–H groups in total. The number of aromatic nitrogens is 1. The molecule has 0 saturated carbocycles. The van der Waals surface area contributed by atoms with Crippen LogP contribution >= 0.6 is 11.8 Å². The van der Waals surface area contributed by atoms with Gasteiger partial charge in [-0.15, -0.1) is 11.8 Å². The quantitative estimate of drug-likeness (QED) is 0.479. The molecule has 132 valence electrons. The van der Waals surface area contributed by atoms with Crippen molar-refractivity contribution in [3.63, 3.8) is 0 Å². The van der Waals surface area contributed by atoms with E-state index in [-0.39, 0.29) is 23.4 Å². The van der Waals surface area contributed by atoms with E-state index in [1.807, 2.05) is 60.7 Å². The molecule has 4 nitrogen and oxygen atoms in total. The van der Waals surface area contributed by atoms with Gasteiger partial charge in [0, 0.05) is 6.20 Å². The molecular weight excluding hydrogens is 346 g/mol. The van der Waals surface area contributed by atoms with Gasteiger partial charge in [0.2, 0.25) is 5.78 Å². The molecule has 0 unspecified atom stereocenters. The Labute approximate surface area is 156 Å². The molecule has 26 heavy (non-hydrogen) atoms. The van der Waals surface area contributed by atoms with Gasteiger partial charge < -0.3 is 9.72 Å². The number of carbonyl (C=O) groups excluding carboxylic acids is 2. The fourth-order valence-electron chi connectivity index (χ4n) is 2.56. The van der Waals surface area contributed by atoms with Crippen molar-refractivity contribution in [1.82, 2.24) is 4.98 Å². The van der Waals surface area contributed by atoms with Gasteiger partial charge in [-0.1, -0.05) is 60.7 Å². The summed E-state index contributed by atoms with van der Waals surface area (Å²) in [6.07, 6.45) is 1.66. The predicted octanol–water partition coefficient (Wildman–Crippen LogP) is 4.26. The summed E-state index contributed by atoms with van der Waals surface area (Å²) in [6.45, 7) is -0.249. The molecule has 0 aliphatic rings. The number of Topliss-reactive ketones (excluding diaryl/α,β-unsaturated/α-hetero) is 1. The maximum absolute atomic E-state index is 12.1. The monoisotopic (exact) mass is 365 g/mol. The van der Waals surface area contributed by atoms with Crippen LogP contribution in [0.5, 0.6) is 0 Å². The predicted molar refractivity (Wildman–Crippen MR) is 103 cm³/mol. The van der Waals surface area contributed by atoms with Crippen LogP contribution in [0.15, 0.2) is 79.0 Å². The van der Waals surface area contributed by atoms with Crippen molar-refractivity contribution in [1.29, 1.82) is 0 Å². The van der Waals surface area contributed by atoms with Crippen molar-refractivity contribution >= 4 is 23.5 Å². The Morgan fingerprint density at radius 1 is 0.885 bits per heavy atom. The maximum Gasteiger partial charge on any atom is 0.316 e. The number of aromatic amines is 1. The molecule has 0 spiro atoms. The number of ether oxygens (including phenoxy) is 1. The van der Waals surface area contributed by atoms with Gasteiger partial charge in [0.05, 0.1) is 16.7 Å². The van der Waals surface area contributed by atoms with Gasteiger partial charge in [-0.3, -0.25) is 9.59 Å². The summed E-state index contributed by atoms with van der Waals surface area (Å²) in [5.41, 5.74) is 2.69. The van der Waals surface area contributed by atoms with E-state index in [1.165, 1.54) is 11.8 Å². The first-order valence-electron chi connectivity index (χ1n) is 8.28. The lowest BCUT2D eigenvalue weighted by Crippen LogP contribution is -2.16. The number of benzene rings is 2. The number of nitrogens with one attached hydrogen (secondary N) is 1. The summed E-state index contributed by atoms with van der Waals surface area (Å²) >= 11 is 1.49. The summed E-state index contributed by atoms with van der Waals surface area (Å²) in [4.78, 5) is 26.8. The molecular formula is C21H19NO3S. The third-order valence-electron chi connectivity index (χ3n) is 3.84. The third-order valence-corrected chi connectivity index (χ3v) is 5.12.